The highest BCUT2D eigenvalue weighted by Gasteiger charge is 2.35. The number of carbonyl (C=O) groups excluding carboxylic acids is 1. The van der Waals surface area contributed by atoms with Crippen LogP contribution in [0.4, 0.5) is 0 Å². The van der Waals surface area contributed by atoms with Crippen molar-refractivity contribution < 1.29 is 4.79 Å². The Labute approximate surface area is 151 Å². The zero-order valence-electron chi connectivity index (χ0n) is 14.6. The van der Waals surface area contributed by atoms with Crippen molar-refractivity contribution in [1.29, 1.82) is 0 Å². The van der Waals surface area contributed by atoms with Gasteiger partial charge in [-0.3, -0.25) is 9.20 Å². The van der Waals surface area contributed by atoms with Gasteiger partial charge < -0.3 is 5.32 Å². The number of benzene rings is 1. The monoisotopic (exact) mass is 350 g/mol. The largest absolute Gasteiger partial charge is 0.350 e. The minimum Gasteiger partial charge on any atom is -0.345 e. The fourth-order valence-electron chi connectivity index (χ4n) is 3.91. The summed E-state index contributed by atoms with van der Waals surface area (Å²) in [6, 6.07) is 15.5. The van der Waals surface area contributed by atoms with Gasteiger partial charge in [-0.05, 0) is 30.5 Å². The third kappa shape index (κ3) is 3.03. The van der Waals surface area contributed by atoms with Crippen LogP contribution in [0.15, 0.2) is 59.5 Å². The van der Waals surface area contributed by atoms with Gasteiger partial charge in [-0.15, -0.1) is 5.10 Å². The lowest BCUT2D eigenvalue weighted by molar-refractivity contribution is -0.124. The molecule has 4 rings (SSSR count). The standard InChI is InChI=1S/C20H22N4O2/c25-18(15-24-19(26)23-14-8-5-11-17(23)22-24)21-20(12-6-2-7-13-20)16-9-3-1-4-10-16/h1,3-5,8-11,14H,2,6-7,12-13,15H2,(H,21,25). The summed E-state index contributed by atoms with van der Waals surface area (Å²) < 4.78 is 2.67. The molecule has 0 saturated heterocycles. The highest BCUT2D eigenvalue weighted by molar-refractivity contribution is 5.77. The Morgan fingerprint density at radius 1 is 1.04 bits per heavy atom. The summed E-state index contributed by atoms with van der Waals surface area (Å²) in [5, 5.41) is 7.47. The van der Waals surface area contributed by atoms with Gasteiger partial charge in [0.1, 0.15) is 6.54 Å². The number of pyridine rings is 1. The summed E-state index contributed by atoms with van der Waals surface area (Å²) in [6.45, 7) is -0.0743. The molecule has 2 heterocycles. The van der Waals surface area contributed by atoms with Crippen LogP contribution < -0.4 is 11.0 Å². The van der Waals surface area contributed by atoms with Gasteiger partial charge in [-0.2, -0.15) is 0 Å². The van der Waals surface area contributed by atoms with Crippen molar-refractivity contribution in [2.75, 3.05) is 0 Å². The molecule has 1 amide bonds. The molecule has 6 nitrogen and oxygen atoms in total. The van der Waals surface area contributed by atoms with Gasteiger partial charge in [0.05, 0.1) is 5.54 Å². The second-order valence-electron chi connectivity index (χ2n) is 6.93. The van der Waals surface area contributed by atoms with Gasteiger partial charge in [-0.1, -0.05) is 55.7 Å². The Morgan fingerprint density at radius 3 is 2.50 bits per heavy atom. The van der Waals surface area contributed by atoms with E-state index >= 15 is 0 Å². The van der Waals surface area contributed by atoms with Gasteiger partial charge >= 0.3 is 5.69 Å². The number of fused-ring (bicyclic) bond motifs is 1. The van der Waals surface area contributed by atoms with Crippen molar-refractivity contribution in [2.24, 2.45) is 0 Å². The van der Waals surface area contributed by atoms with Gasteiger partial charge in [0.2, 0.25) is 5.91 Å². The van der Waals surface area contributed by atoms with E-state index in [9.17, 15) is 9.59 Å². The maximum absolute atomic E-state index is 12.8. The summed E-state index contributed by atoms with van der Waals surface area (Å²) in [4.78, 5) is 25.2. The third-order valence-electron chi connectivity index (χ3n) is 5.19. The number of amides is 1. The second-order valence-corrected chi connectivity index (χ2v) is 6.93. The number of hydrogen-bond donors (Lipinski definition) is 1. The Morgan fingerprint density at radius 2 is 1.77 bits per heavy atom. The molecule has 0 aliphatic heterocycles. The maximum Gasteiger partial charge on any atom is 0.350 e. The lowest BCUT2D eigenvalue weighted by Gasteiger charge is -2.38. The molecule has 0 atom stereocenters. The number of rotatable bonds is 4. The quantitative estimate of drug-likeness (QED) is 0.786. The third-order valence-corrected chi connectivity index (χ3v) is 5.19. The Bertz CT molecular complexity index is 968. The average molecular weight is 350 g/mol. The topological polar surface area (TPSA) is 68.4 Å². The maximum atomic E-state index is 12.8. The molecule has 6 heteroatoms. The van der Waals surface area contributed by atoms with Crippen LogP contribution in [-0.2, 0) is 16.9 Å². The second kappa shape index (κ2) is 6.78. The van der Waals surface area contributed by atoms with E-state index in [1.54, 1.807) is 18.3 Å². The zero-order chi connectivity index (χ0) is 18.0. The first-order valence-electron chi connectivity index (χ1n) is 9.09. The molecule has 26 heavy (non-hydrogen) atoms. The molecule has 0 bridgehead atoms. The number of carbonyl (C=O) groups is 1. The number of hydrogen-bond acceptors (Lipinski definition) is 3. The van der Waals surface area contributed by atoms with Crippen molar-refractivity contribution in [1.82, 2.24) is 19.5 Å². The van der Waals surface area contributed by atoms with Crippen LogP contribution >= 0.6 is 0 Å². The van der Waals surface area contributed by atoms with Crippen molar-refractivity contribution in [3.63, 3.8) is 0 Å². The summed E-state index contributed by atoms with van der Waals surface area (Å²) in [7, 11) is 0. The molecular weight excluding hydrogens is 328 g/mol. The number of nitrogens with one attached hydrogen (secondary N) is 1. The summed E-state index contributed by atoms with van der Waals surface area (Å²) in [5.74, 6) is -0.179. The lowest BCUT2D eigenvalue weighted by Crippen LogP contribution is -2.49. The zero-order valence-corrected chi connectivity index (χ0v) is 14.6. The molecular formula is C20H22N4O2. The average Bonchev–Trinajstić information content (AvgIpc) is 2.99. The van der Waals surface area contributed by atoms with Crippen LogP contribution in [0.1, 0.15) is 37.7 Å². The normalized spacial score (nSPS) is 16.5. The molecule has 1 aromatic carbocycles. The molecule has 0 spiro atoms. The number of nitrogens with zero attached hydrogens (tertiary/aromatic N) is 3. The van der Waals surface area contributed by atoms with Crippen LogP contribution in [0.25, 0.3) is 5.65 Å². The predicted octanol–water partition coefficient (Wildman–Crippen LogP) is 2.47. The molecule has 1 N–H and O–H groups in total. The lowest BCUT2D eigenvalue weighted by atomic mass is 9.76. The molecule has 0 radical (unpaired) electrons. The van der Waals surface area contributed by atoms with Crippen LogP contribution in [0.2, 0.25) is 0 Å². The fraction of sp³-hybridized carbons (Fsp3) is 0.350. The van der Waals surface area contributed by atoms with E-state index in [4.69, 9.17) is 0 Å². The molecule has 2 aromatic heterocycles. The summed E-state index contributed by atoms with van der Waals surface area (Å²) in [6.07, 6.45) is 6.86. The van der Waals surface area contributed by atoms with E-state index in [2.05, 4.69) is 22.5 Å². The Balaban J connectivity index is 1.59. The molecule has 134 valence electrons. The van der Waals surface area contributed by atoms with E-state index in [0.29, 0.717) is 5.65 Å². The first kappa shape index (κ1) is 16.6. The van der Waals surface area contributed by atoms with E-state index in [1.807, 2.05) is 24.3 Å². The molecule has 1 aliphatic carbocycles. The molecule has 1 fully saturated rings. The van der Waals surface area contributed by atoms with Crippen molar-refractivity contribution in [2.45, 2.75) is 44.2 Å². The smallest absolute Gasteiger partial charge is 0.345 e. The van der Waals surface area contributed by atoms with E-state index in [0.717, 1.165) is 31.2 Å². The molecule has 3 aromatic rings. The van der Waals surface area contributed by atoms with Gasteiger partial charge in [0, 0.05) is 6.20 Å². The van der Waals surface area contributed by atoms with Crippen molar-refractivity contribution in [3.05, 3.63) is 70.8 Å². The first-order valence-corrected chi connectivity index (χ1v) is 9.09. The Kier molecular flexibility index (Phi) is 4.32. The van der Waals surface area contributed by atoms with E-state index < -0.39 is 0 Å². The minimum atomic E-state index is -0.348. The first-order chi connectivity index (χ1) is 12.7. The molecule has 1 aliphatic rings. The predicted molar refractivity (Wildman–Crippen MR) is 98.8 cm³/mol. The van der Waals surface area contributed by atoms with Gasteiger partial charge in [-0.25, -0.2) is 9.48 Å². The van der Waals surface area contributed by atoms with E-state index in [-0.39, 0.29) is 23.7 Å². The van der Waals surface area contributed by atoms with E-state index in [1.165, 1.54) is 15.5 Å². The van der Waals surface area contributed by atoms with Crippen LogP contribution in [-0.4, -0.2) is 20.1 Å². The summed E-state index contributed by atoms with van der Waals surface area (Å²) in [5.41, 5.74) is 1.03. The fourth-order valence-corrected chi connectivity index (χ4v) is 3.91. The van der Waals surface area contributed by atoms with Gasteiger partial charge in [0.25, 0.3) is 0 Å². The molecule has 0 unspecified atom stereocenters. The molecule has 1 saturated carbocycles. The van der Waals surface area contributed by atoms with Crippen LogP contribution in [0, 0.1) is 0 Å². The Hall–Kier alpha value is -2.89. The highest BCUT2D eigenvalue weighted by Crippen LogP contribution is 2.37. The van der Waals surface area contributed by atoms with Crippen molar-refractivity contribution >= 4 is 11.6 Å². The SMILES string of the molecule is O=C(Cn1nc2ccccn2c1=O)NC1(c2ccccc2)CCCCC1. The van der Waals surface area contributed by atoms with Gasteiger partial charge in [0.15, 0.2) is 5.65 Å². The highest BCUT2D eigenvalue weighted by atomic mass is 16.2. The van der Waals surface area contributed by atoms with Crippen LogP contribution in [0.5, 0.6) is 0 Å². The van der Waals surface area contributed by atoms with Crippen LogP contribution in [0.3, 0.4) is 0 Å². The number of aromatic nitrogens is 3. The summed E-state index contributed by atoms with van der Waals surface area (Å²) >= 11 is 0. The van der Waals surface area contributed by atoms with Crippen molar-refractivity contribution in [3.8, 4) is 0 Å². The minimum absolute atomic E-state index is 0.0743.